The normalized spacial score (nSPS) is 15.7. The molecule has 1 aliphatic carbocycles. The summed E-state index contributed by atoms with van der Waals surface area (Å²) in [6.45, 7) is 0. The van der Waals surface area contributed by atoms with Crippen molar-refractivity contribution < 1.29 is 13.2 Å². The number of nitrogens with two attached hydrogens (primary N) is 1. The van der Waals surface area contributed by atoms with Crippen LogP contribution in [0.1, 0.15) is 28.9 Å². The molecule has 0 bridgehead atoms. The van der Waals surface area contributed by atoms with Crippen molar-refractivity contribution in [2.45, 2.75) is 24.4 Å². The maximum absolute atomic E-state index is 11.4. The Kier molecular flexibility index (Phi) is 3.29. The molecule has 0 unspecified atom stereocenters. The summed E-state index contributed by atoms with van der Waals surface area (Å²) >= 11 is 5.44. The Hall–Kier alpha value is -1.21. The number of hydrogen-bond acceptors (Lipinski definition) is 6. The molecule has 1 aromatic rings. The smallest absolute Gasteiger partial charge is 0.257 e. The van der Waals surface area contributed by atoms with Gasteiger partial charge in [0.2, 0.25) is 15.0 Å². The highest BCUT2D eigenvalue weighted by atomic mass is 35.5. The van der Waals surface area contributed by atoms with Crippen LogP contribution in [0.4, 0.5) is 5.82 Å². The summed E-state index contributed by atoms with van der Waals surface area (Å²) < 4.78 is 22.8. The van der Waals surface area contributed by atoms with Crippen molar-refractivity contribution in [1.29, 1.82) is 0 Å². The Balaban J connectivity index is 2.56. The molecule has 1 aliphatic rings. The zero-order valence-corrected chi connectivity index (χ0v) is 11.3. The minimum absolute atomic E-state index is 0.0240. The summed E-state index contributed by atoms with van der Waals surface area (Å²) in [6, 6.07) is 0. The van der Waals surface area contributed by atoms with E-state index in [0.29, 0.717) is 18.0 Å². The molecule has 0 aromatic carbocycles. The maximum atomic E-state index is 11.4. The molecule has 6 nitrogen and oxygen atoms in total. The number of carbonyl (C=O) groups is 1. The summed E-state index contributed by atoms with van der Waals surface area (Å²) in [5, 5.41) is -1.12. The molecule has 0 spiro atoms. The first-order valence-corrected chi connectivity index (χ1v) is 7.62. The molecule has 1 fully saturated rings. The van der Waals surface area contributed by atoms with Crippen molar-refractivity contribution in [3.05, 3.63) is 11.3 Å². The topological polar surface area (TPSA) is 103 Å². The van der Waals surface area contributed by atoms with Crippen LogP contribution in [-0.4, -0.2) is 29.9 Å². The molecule has 0 atom stereocenters. The first-order valence-electron chi connectivity index (χ1n) is 5.35. The third kappa shape index (κ3) is 2.78. The van der Waals surface area contributed by atoms with Crippen LogP contribution in [0.15, 0.2) is 5.16 Å². The van der Waals surface area contributed by atoms with Gasteiger partial charge in [0.1, 0.15) is 5.82 Å². The SMILES string of the molecule is CS(=O)(=O)c1nc(N)c(C(=O)Cl)c(CC2CC2)n1. The van der Waals surface area contributed by atoms with Crippen LogP contribution in [0.5, 0.6) is 0 Å². The Morgan fingerprint density at radius 1 is 1.44 bits per heavy atom. The van der Waals surface area contributed by atoms with E-state index >= 15 is 0 Å². The fraction of sp³-hybridized carbons (Fsp3) is 0.500. The number of nitrogens with zero attached hydrogens (tertiary/aromatic N) is 2. The Labute approximate surface area is 109 Å². The van der Waals surface area contributed by atoms with Crippen molar-refractivity contribution in [1.82, 2.24) is 9.97 Å². The van der Waals surface area contributed by atoms with Crippen LogP contribution in [0, 0.1) is 5.92 Å². The van der Waals surface area contributed by atoms with E-state index in [1.165, 1.54) is 0 Å². The molecule has 18 heavy (non-hydrogen) atoms. The summed E-state index contributed by atoms with van der Waals surface area (Å²) in [5.74, 6) is 0.238. The lowest BCUT2D eigenvalue weighted by Crippen LogP contribution is -2.14. The minimum atomic E-state index is -3.56. The van der Waals surface area contributed by atoms with Gasteiger partial charge in [0.15, 0.2) is 0 Å². The number of carbonyl (C=O) groups excluding carboxylic acids is 1. The third-order valence-electron chi connectivity index (χ3n) is 2.70. The number of hydrogen-bond donors (Lipinski definition) is 1. The first kappa shape index (κ1) is 13.2. The minimum Gasteiger partial charge on any atom is -0.383 e. The van der Waals surface area contributed by atoms with E-state index in [1.807, 2.05) is 0 Å². The van der Waals surface area contributed by atoms with Crippen molar-refractivity contribution >= 4 is 32.5 Å². The number of aromatic nitrogens is 2. The summed E-state index contributed by atoms with van der Waals surface area (Å²) in [5.41, 5.74) is 5.94. The third-order valence-corrected chi connectivity index (χ3v) is 3.73. The summed E-state index contributed by atoms with van der Waals surface area (Å²) in [4.78, 5) is 18.9. The highest BCUT2D eigenvalue weighted by molar-refractivity contribution is 7.90. The second kappa shape index (κ2) is 4.47. The van der Waals surface area contributed by atoms with Crippen molar-refractivity contribution in [2.75, 3.05) is 12.0 Å². The van der Waals surface area contributed by atoms with Crippen molar-refractivity contribution in [3.63, 3.8) is 0 Å². The molecule has 0 aliphatic heterocycles. The Morgan fingerprint density at radius 2 is 2.06 bits per heavy atom. The zero-order chi connectivity index (χ0) is 13.5. The van der Waals surface area contributed by atoms with E-state index in [9.17, 15) is 13.2 Å². The molecule has 1 saturated carbocycles. The number of sulfone groups is 1. The lowest BCUT2D eigenvalue weighted by Gasteiger charge is -2.08. The summed E-state index contributed by atoms with van der Waals surface area (Å²) in [7, 11) is -3.56. The fourth-order valence-electron chi connectivity index (χ4n) is 1.63. The van der Waals surface area contributed by atoms with E-state index in [4.69, 9.17) is 17.3 Å². The van der Waals surface area contributed by atoms with Gasteiger partial charge in [-0.3, -0.25) is 4.79 Å². The van der Waals surface area contributed by atoms with Gasteiger partial charge in [-0.15, -0.1) is 0 Å². The monoisotopic (exact) mass is 289 g/mol. The van der Waals surface area contributed by atoms with Gasteiger partial charge in [-0.25, -0.2) is 18.4 Å². The van der Waals surface area contributed by atoms with Crippen molar-refractivity contribution in [2.24, 2.45) is 5.92 Å². The molecular weight excluding hydrogens is 278 g/mol. The van der Waals surface area contributed by atoms with Gasteiger partial charge in [-0.2, -0.15) is 0 Å². The molecule has 98 valence electrons. The lowest BCUT2D eigenvalue weighted by atomic mass is 10.1. The van der Waals surface area contributed by atoms with Crippen LogP contribution in [0.3, 0.4) is 0 Å². The molecular formula is C10H12ClN3O3S. The fourth-order valence-corrected chi connectivity index (χ4v) is 2.37. The van der Waals surface area contributed by atoms with Crippen molar-refractivity contribution in [3.8, 4) is 0 Å². The molecule has 8 heteroatoms. The molecule has 2 rings (SSSR count). The molecule has 0 radical (unpaired) electrons. The van der Waals surface area contributed by atoms with Gasteiger partial charge in [-0.1, -0.05) is 0 Å². The van der Waals surface area contributed by atoms with Crippen LogP contribution in [0.25, 0.3) is 0 Å². The number of halogens is 1. The van der Waals surface area contributed by atoms with E-state index in [-0.39, 0.29) is 16.5 Å². The number of nitrogen functional groups attached to an aromatic ring is 1. The average molecular weight is 290 g/mol. The molecule has 1 aromatic heterocycles. The van der Waals surface area contributed by atoms with Crippen LogP contribution in [-0.2, 0) is 16.3 Å². The van der Waals surface area contributed by atoms with Gasteiger partial charge in [0, 0.05) is 6.26 Å². The number of rotatable bonds is 4. The molecule has 0 saturated heterocycles. The average Bonchev–Trinajstić information content (AvgIpc) is 2.98. The van der Waals surface area contributed by atoms with Gasteiger partial charge >= 0.3 is 0 Å². The van der Waals surface area contributed by atoms with Crippen LogP contribution < -0.4 is 5.73 Å². The van der Waals surface area contributed by atoms with E-state index in [1.54, 1.807) is 0 Å². The number of anilines is 1. The molecule has 1 heterocycles. The van der Waals surface area contributed by atoms with Gasteiger partial charge < -0.3 is 5.73 Å². The maximum Gasteiger partial charge on any atom is 0.257 e. The van der Waals surface area contributed by atoms with E-state index in [0.717, 1.165) is 19.1 Å². The van der Waals surface area contributed by atoms with Gasteiger partial charge in [0.05, 0.1) is 11.3 Å². The first-order chi connectivity index (χ1) is 8.29. The summed E-state index contributed by atoms with van der Waals surface area (Å²) in [6.07, 6.45) is 3.57. The van der Waals surface area contributed by atoms with Gasteiger partial charge in [-0.05, 0) is 36.8 Å². The van der Waals surface area contributed by atoms with Gasteiger partial charge in [0.25, 0.3) is 5.24 Å². The molecule has 2 N–H and O–H groups in total. The zero-order valence-electron chi connectivity index (χ0n) is 9.68. The quantitative estimate of drug-likeness (QED) is 0.649. The van der Waals surface area contributed by atoms with E-state index < -0.39 is 15.1 Å². The van der Waals surface area contributed by atoms with Crippen LogP contribution in [0.2, 0.25) is 0 Å². The highest BCUT2D eigenvalue weighted by Gasteiger charge is 2.28. The Morgan fingerprint density at radius 3 is 2.50 bits per heavy atom. The Bertz CT molecular complexity index is 611. The second-order valence-electron chi connectivity index (χ2n) is 4.41. The highest BCUT2D eigenvalue weighted by Crippen LogP contribution is 2.34. The standard InChI is InChI=1S/C10H12ClN3O3S/c1-18(16,17)10-13-6(4-5-2-3-5)7(8(11)15)9(12)14-10/h5H,2-4H2,1H3,(H2,12,13,14). The largest absolute Gasteiger partial charge is 0.383 e. The van der Waals surface area contributed by atoms with E-state index in [2.05, 4.69) is 9.97 Å². The molecule has 0 amide bonds. The second-order valence-corrected chi connectivity index (χ2v) is 6.66. The predicted octanol–water partition coefficient (Wildman–Crippen LogP) is 0.794. The lowest BCUT2D eigenvalue weighted by molar-refractivity contribution is 0.108. The predicted molar refractivity (Wildman–Crippen MR) is 66.2 cm³/mol. The van der Waals surface area contributed by atoms with Crippen LogP contribution >= 0.6 is 11.6 Å².